The van der Waals surface area contributed by atoms with Gasteiger partial charge in [0.15, 0.2) is 0 Å². The molecule has 1 atom stereocenters. The lowest BCUT2D eigenvalue weighted by molar-refractivity contribution is 0.253. The molecule has 1 fully saturated rings. The zero-order chi connectivity index (χ0) is 11.2. The predicted octanol–water partition coefficient (Wildman–Crippen LogP) is 1.66. The van der Waals surface area contributed by atoms with Crippen molar-refractivity contribution < 1.29 is 0 Å². The minimum absolute atomic E-state index is 0.691. The Bertz CT molecular complexity index is 293. The van der Waals surface area contributed by atoms with Crippen molar-refractivity contribution >= 4 is 0 Å². The first-order valence-electron chi connectivity index (χ1n) is 6.23. The van der Waals surface area contributed by atoms with Crippen LogP contribution in [0.1, 0.15) is 25.3 Å². The summed E-state index contributed by atoms with van der Waals surface area (Å²) in [6, 6.07) is 4.85. The van der Waals surface area contributed by atoms with E-state index in [1.807, 2.05) is 18.5 Å². The monoisotopic (exact) mass is 219 g/mol. The van der Waals surface area contributed by atoms with Crippen LogP contribution in [0.4, 0.5) is 0 Å². The molecule has 2 rings (SSSR count). The highest BCUT2D eigenvalue weighted by molar-refractivity contribution is 5.08. The Kier molecular flexibility index (Phi) is 4.31. The molecule has 0 saturated carbocycles. The quantitative estimate of drug-likeness (QED) is 0.816. The fourth-order valence-corrected chi connectivity index (χ4v) is 2.28. The summed E-state index contributed by atoms with van der Waals surface area (Å²) < 4.78 is 0. The van der Waals surface area contributed by atoms with E-state index >= 15 is 0 Å². The van der Waals surface area contributed by atoms with E-state index in [4.69, 9.17) is 0 Å². The molecule has 3 heteroatoms. The number of hydrogen-bond acceptors (Lipinski definition) is 3. The molecule has 1 aromatic heterocycles. The van der Waals surface area contributed by atoms with E-state index in [2.05, 4.69) is 28.2 Å². The van der Waals surface area contributed by atoms with Gasteiger partial charge in [-0.25, -0.2) is 0 Å². The molecule has 0 bridgehead atoms. The number of nitrogens with one attached hydrogen (secondary N) is 1. The first-order chi connectivity index (χ1) is 7.88. The minimum Gasteiger partial charge on any atom is -0.313 e. The van der Waals surface area contributed by atoms with Crippen LogP contribution in [0.3, 0.4) is 0 Å². The average Bonchev–Trinajstić information content (AvgIpc) is 2.82. The van der Waals surface area contributed by atoms with Gasteiger partial charge in [-0.1, -0.05) is 13.0 Å². The van der Waals surface area contributed by atoms with Crippen molar-refractivity contribution in [3.05, 3.63) is 30.1 Å². The molecular weight excluding hydrogens is 198 g/mol. The van der Waals surface area contributed by atoms with Gasteiger partial charge in [0.2, 0.25) is 0 Å². The Balaban J connectivity index is 1.85. The van der Waals surface area contributed by atoms with Crippen molar-refractivity contribution in [1.82, 2.24) is 15.2 Å². The predicted molar refractivity (Wildman–Crippen MR) is 66.2 cm³/mol. The van der Waals surface area contributed by atoms with E-state index in [0.29, 0.717) is 6.04 Å². The summed E-state index contributed by atoms with van der Waals surface area (Å²) in [6.07, 6.45) is 6.45. The highest BCUT2D eigenvalue weighted by Gasteiger charge is 2.16. The number of pyridine rings is 1. The van der Waals surface area contributed by atoms with Crippen molar-refractivity contribution in [2.75, 3.05) is 19.6 Å². The van der Waals surface area contributed by atoms with Gasteiger partial charge in [0.1, 0.15) is 0 Å². The third kappa shape index (κ3) is 3.29. The molecule has 1 aromatic rings. The molecule has 0 unspecified atom stereocenters. The van der Waals surface area contributed by atoms with Crippen LogP contribution in [0.25, 0.3) is 0 Å². The van der Waals surface area contributed by atoms with Crippen LogP contribution in [0, 0.1) is 0 Å². The van der Waals surface area contributed by atoms with Crippen LogP contribution < -0.4 is 5.32 Å². The summed E-state index contributed by atoms with van der Waals surface area (Å²) in [7, 11) is 0. The van der Waals surface area contributed by atoms with Crippen LogP contribution in [0.5, 0.6) is 0 Å². The summed E-state index contributed by atoms with van der Waals surface area (Å²) in [5, 5.41) is 3.55. The molecule has 1 saturated heterocycles. The maximum Gasteiger partial charge on any atom is 0.0312 e. The third-order valence-electron chi connectivity index (χ3n) is 3.22. The lowest BCUT2D eigenvalue weighted by atomic mass is 10.2. The smallest absolute Gasteiger partial charge is 0.0312 e. The van der Waals surface area contributed by atoms with Gasteiger partial charge in [-0.2, -0.15) is 0 Å². The van der Waals surface area contributed by atoms with Gasteiger partial charge in [0.05, 0.1) is 0 Å². The number of rotatable bonds is 5. The maximum atomic E-state index is 4.16. The average molecular weight is 219 g/mol. The molecule has 0 aromatic carbocycles. The van der Waals surface area contributed by atoms with E-state index in [9.17, 15) is 0 Å². The Hall–Kier alpha value is -0.930. The molecule has 0 amide bonds. The summed E-state index contributed by atoms with van der Waals surface area (Å²) in [5.41, 5.74) is 1.31. The first kappa shape index (κ1) is 11.6. The van der Waals surface area contributed by atoms with Gasteiger partial charge in [-0.15, -0.1) is 0 Å². The van der Waals surface area contributed by atoms with Crippen LogP contribution in [0.15, 0.2) is 24.5 Å². The zero-order valence-electron chi connectivity index (χ0n) is 10.0. The summed E-state index contributed by atoms with van der Waals surface area (Å²) in [5.74, 6) is 0. The second-order valence-corrected chi connectivity index (χ2v) is 4.48. The first-order valence-corrected chi connectivity index (χ1v) is 6.23. The summed E-state index contributed by atoms with van der Waals surface area (Å²) in [6.45, 7) is 6.70. The van der Waals surface area contributed by atoms with Crippen LogP contribution in [-0.4, -0.2) is 35.6 Å². The van der Waals surface area contributed by atoms with Crippen LogP contribution in [-0.2, 0) is 6.54 Å². The van der Waals surface area contributed by atoms with Crippen LogP contribution >= 0.6 is 0 Å². The van der Waals surface area contributed by atoms with Crippen molar-refractivity contribution in [2.24, 2.45) is 0 Å². The Morgan fingerprint density at radius 1 is 1.56 bits per heavy atom. The van der Waals surface area contributed by atoms with E-state index in [-0.39, 0.29) is 0 Å². The Morgan fingerprint density at radius 2 is 2.50 bits per heavy atom. The lowest BCUT2D eigenvalue weighted by Crippen LogP contribution is -2.37. The summed E-state index contributed by atoms with van der Waals surface area (Å²) in [4.78, 5) is 6.65. The second kappa shape index (κ2) is 5.97. The van der Waals surface area contributed by atoms with E-state index in [0.717, 1.165) is 19.6 Å². The SMILES string of the molecule is CCN(Cc1cccnc1)C[C@@H]1CCCN1. The van der Waals surface area contributed by atoms with E-state index in [1.165, 1.54) is 24.9 Å². The van der Waals surface area contributed by atoms with Gasteiger partial charge in [0, 0.05) is 31.5 Å². The third-order valence-corrected chi connectivity index (χ3v) is 3.22. The van der Waals surface area contributed by atoms with Crippen LogP contribution in [0.2, 0.25) is 0 Å². The normalized spacial score (nSPS) is 20.5. The molecule has 2 heterocycles. The second-order valence-electron chi connectivity index (χ2n) is 4.48. The highest BCUT2D eigenvalue weighted by Crippen LogP contribution is 2.09. The van der Waals surface area contributed by atoms with Crippen molar-refractivity contribution in [2.45, 2.75) is 32.4 Å². The zero-order valence-corrected chi connectivity index (χ0v) is 10.0. The largest absolute Gasteiger partial charge is 0.313 e. The fourth-order valence-electron chi connectivity index (χ4n) is 2.28. The maximum absolute atomic E-state index is 4.16. The fraction of sp³-hybridized carbons (Fsp3) is 0.615. The molecule has 1 N–H and O–H groups in total. The topological polar surface area (TPSA) is 28.2 Å². The number of hydrogen-bond donors (Lipinski definition) is 1. The number of aromatic nitrogens is 1. The molecule has 3 nitrogen and oxygen atoms in total. The number of nitrogens with zero attached hydrogens (tertiary/aromatic N) is 2. The van der Waals surface area contributed by atoms with Gasteiger partial charge in [0.25, 0.3) is 0 Å². The minimum atomic E-state index is 0.691. The van der Waals surface area contributed by atoms with E-state index in [1.54, 1.807) is 0 Å². The van der Waals surface area contributed by atoms with Crippen molar-refractivity contribution in [1.29, 1.82) is 0 Å². The highest BCUT2D eigenvalue weighted by atomic mass is 15.1. The molecule has 0 spiro atoms. The Morgan fingerprint density at radius 3 is 3.12 bits per heavy atom. The lowest BCUT2D eigenvalue weighted by Gasteiger charge is -2.24. The van der Waals surface area contributed by atoms with Gasteiger partial charge in [-0.3, -0.25) is 9.88 Å². The van der Waals surface area contributed by atoms with Gasteiger partial charge >= 0.3 is 0 Å². The van der Waals surface area contributed by atoms with Crippen molar-refractivity contribution in [3.63, 3.8) is 0 Å². The number of likely N-dealkylation sites (N-methyl/N-ethyl adjacent to an activating group) is 1. The standard InChI is InChI=1S/C13H21N3/c1-2-16(11-13-6-4-8-15-13)10-12-5-3-7-14-9-12/h3,5,7,9,13,15H,2,4,6,8,10-11H2,1H3/t13-/m0/s1. The molecule has 1 aliphatic rings. The molecule has 0 radical (unpaired) electrons. The Labute approximate surface area is 97.9 Å². The molecule has 16 heavy (non-hydrogen) atoms. The molecule has 0 aliphatic carbocycles. The van der Waals surface area contributed by atoms with Gasteiger partial charge < -0.3 is 5.32 Å². The summed E-state index contributed by atoms with van der Waals surface area (Å²) >= 11 is 0. The molecular formula is C13H21N3. The van der Waals surface area contributed by atoms with Crippen molar-refractivity contribution in [3.8, 4) is 0 Å². The van der Waals surface area contributed by atoms with E-state index < -0.39 is 0 Å². The molecule has 88 valence electrons. The van der Waals surface area contributed by atoms with Gasteiger partial charge in [-0.05, 0) is 37.6 Å². The molecule has 1 aliphatic heterocycles.